The highest BCUT2D eigenvalue weighted by Crippen LogP contribution is 2.37. The van der Waals surface area contributed by atoms with Gasteiger partial charge in [0, 0.05) is 0 Å². The van der Waals surface area contributed by atoms with E-state index in [9.17, 15) is 14.7 Å². The van der Waals surface area contributed by atoms with Crippen LogP contribution in [0.25, 0.3) is 11.1 Å². The minimum absolute atomic E-state index is 0.0959. The van der Waals surface area contributed by atoms with E-state index in [1.807, 2.05) is 12.1 Å². The molecular weight excluding hydrogens is 536 g/mol. The number of alkyl carbamates (subject to hydrolysis) is 1. The summed E-state index contributed by atoms with van der Waals surface area (Å²) in [5.41, 5.74) is 10.2. The van der Waals surface area contributed by atoms with Gasteiger partial charge in [-0.3, -0.25) is 0 Å². The number of aliphatic carboxylic acids is 1. The molecule has 238 valence electrons. The van der Waals surface area contributed by atoms with Gasteiger partial charge in [0.2, 0.25) is 0 Å². The van der Waals surface area contributed by atoms with Gasteiger partial charge in [0.1, 0.15) is 12.1 Å². The molecule has 1 amide bonds. The summed E-state index contributed by atoms with van der Waals surface area (Å²) in [4.78, 5) is 25.5. The first-order valence-corrected chi connectivity index (χ1v) is 17.1. The van der Waals surface area contributed by atoms with Crippen molar-refractivity contribution in [3.63, 3.8) is 0 Å². The average Bonchev–Trinajstić information content (AvgIpc) is 3.38. The lowest BCUT2D eigenvalue weighted by Gasteiger charge is -2.30. The topological polar surface area (TPSA) is 102 Å². The number of carbonyl (C=O) groups is 2. The van der Waals surface area contributed by atoms with Gasteiger partial charge in [-0.2, -0.15) is 0 Å². The van der Waals surface area contributed by atoms with Crippen molar-refractivity contribution < 1.29 is 19.4 Å². The highest BCUT2D eigenvalue weighted by molar-refractivity contribution is 5.84. The number of hydrogen-bond acceptors (Lipinski definition) is 4. The van der Waals surface area contributed by atoms with E-state index in [1.165, 1.54) is 92.9 Å². The number of unbranched alkanes of at least 4 members (excludes halogenated alkanes) is 14. The first-order valence-electron chi connectivity index (χ1n) is 17.1. The summed E-state index contributed by atoms with van der Waals surface area (Å²) in [6.45, 7) is 2.86. The molecule has 0 unspecified atom stereocenters. The smallest absolute Gasteiger partial charge is 0.408 e. The zero-order valence-electron chi connectivity index (χ0n) is 26.6. The fourth-order valence-corrected chi connectivity index (χ4v) is 6.35. The standard InChI is InChI=1S/C37H56N2O4/c1-2-3-4-5-6-7-8-9-10-11-12-13-14-17-24-37(35(40)41,25-18-19-26-38)39-36(42)43-29-30-22-23-32-28-31-20-15-16-21-33(31)34(32)27-30/h15-16,20-23,27H,2-14,17-19,24-26,28-29,38H2,1H3,(H,39,42)(H,40,41)/t37-/m0/s1. The van der Waals surface area contributed by atoms with Crippen LogP contribution in [-0.4, -0.2) is 29.3 Å². The van der Waals surface area contributed by atoms with Crippen molar-refractivity contribution >= 4 is 12.1 Å². The van der Waals surface area contributed by atoms with Crippen LogP contribution in [0.4, 0.5) is 4.79 Å². The van der Waals surface area contributed by atoms with E-state index in [2.05, 4.69) is 42.6 Å². The Balaban J connectivity index is 1.41. The van der Waals surface area contributed by atoms with E-state index < -0.39 is 17.6 Å². The summed E-state index contributed by atoms with van der Waals surface area (Å²) in [6.07, 6.45) is 19.7. The molecule has 4 N–H and O–H groups in total. The van der Waals surface area contributed by atoms with Crippen molar-refractivity contribution in [1.29, 1.82) is 0 Å². The summed E-state index contributed by atoms with van der Waals surface area (Å²) in [6, 6.07) is 14.5. The minimum Gasteiger partial charge on any atom is -0.480 e. The van der Waals surface area contributed by atoms with Crippen molar-refractivity contribution in [3.8, 4) is 11.1 Å². The van der Waals surface area contributed by atoms with Crippen LogP contribution >= 0.6 is 0 Å². The Morgan fingerprint density at radius 3 is 1.93 bits per heavy atom. The highest BCUT2D eigenvalue weighted by Gasteiger charge is 2.39. The zero-order valence-corrected chi connectivity index (χ0v) is 26.6. The second-order valence-electron chi connectivity index (χ2n) is 12.5. The van der Waals surface area contributed by atoms with Gasteiger partial charge in [0.05, 0.1) is 0 Å². The van der Waals surface area contributed by atoms with Crippen LogP contribution in [0.5, 0.6) is 0 Å². The molecule has 0 aromatic heterocycles. The van der Waals surface area contributed by atoms with E-state index >= 15 is 0 Å². The summed E-state index contributed by atoms with van der Waals surface area (Å²) in [5, 5.41) is 13.0. The molecule has 6 nitrogen and oxygen atoms in total. The second-order valence-corrected chi connectivity index (χ2v) is 12.5. The molecule has 2 aromatic carbocycles. The maximum absolute atomic E-state index is 12.9. The third-order valence-corrected chi connectivity index (χ3v) is 9.00. The number of hydrogen-bond donors (Lipinski definition) is 3. The average molecular weight is 593 g/mol. The van der Waals surface area contributed by atoms with E-state index in [4.69, 9.17) is 10.5 Å². The maximum Gasteiger partial charge on any atom is 0.408 e. The molecule has 43 heavy (non-hydrogen) atoms. The van der Waals surface area contributed by atoms with E-state index in [-0.39, 0.29) is 6.61 Å². The van der Waals surface area contributed by atoms with Gasteiger partial charge in [0.15, 0.2) is 0 Å². The molecule has 2 aromatic rings. The molecule has 0 aliphatic heterocycles. The Labute approximate surface area is 260 Å². The van der Waals surface area contributed by atoms with Crippen LogP contribution in [-0.2, 0) is 22.6 Å². The summed E-state index contributed by atoms with van der Waals surface area (Å²) < 4.78 is 5.57. The predicted octanol–water partition coefficient (Wildman–Crippen LogP) is 9.31. The number of nitrogens with two attached hydrogens (primary N) is 1. The highest BCUT2D eigenvalue weighted by atomic mass is 16.5. The molecule has 0 saturated carbocycles. The lowest BCUT2D eigenvalue weighted by Crippen LogP contribution is -2.54. The third kappa shape index (κ3) is 11.6. The number of nitrogens with one attached hydrogen (secondary N) is 1. The van der Waals surface area contributed by atoms with Crippen LogP contribution in [0.3, 0.4) is 0 Å². The fraction of sp³-hybridized carbons (Fsp3) is 0.622. The molecule has 3 rings (SSSR count). The Hall–Kier alpha value is -2.86. The van der Waals surface area contributed by atoms with Gasteiger partial charge in [-0.25, -0.2) is 9.59 Å². The molecule has 0 bridgehead atoms. The van der Waals surface area contributed by atoms with Crippen molar-refractivity contribution in [1.82, 2.24) is 5.32 Å². The van der Waals surface area contributed by atoms with Crippen molar-refractivity contribution in [3.05, 3.63) is 59.2 Å². The third-order valence-electron chi connectivity index (χ3n) is 9.00. The summed E-state index contributed by atoms with van der Waals surface area (Å²) in [7, 11) is 0. The monoisotopic (exact) mass is 592 g/mol. The lowest BCUT2D eigenvalue weighted by molar-refractivity contribution is -0.145. The van der Waals surface area contributed by atoms with Gasteiger partial charge in [0.25, 0.3) is 0 Å². The van der Waals surface area contributed by atoms with Crippen LogP contribution in [0.15, 0.2) is 42.5 Å². The first kappa shape index (κ1) is 34.6. The number of carboxylic acids is 1. The van der Waals surface area contributed by atoms with Crippen molar-refractivity contribution in [2.24, 2.45) is 5.73 Å². The molecular formula is C37H56N2O4. The maximum atomic E-state index is 12.9. The number of fused-ring (bicyclic) bond motifs is 3. The van der Waals surface area contributed by atoms with Gasteiger partial charge in [-0.05, 0) is 72.5 Å². The summed E-state index contributed by atoms with van der Waals surface area (Å²) in [5.74, 6) is -0.995. The first-order chi connectivity index (χ1) is 21.0. The number of rotatable bonds is 23. The molecule has 0 fully saturated rings. The Kier molecular flexibility index (Phi) is 15.6. The number of carboxylic acid groups (broad SMARTS) is 1. The van der Waals surface area contributed by atoms with Gasteiger partial charge < -0.3 is 20.9 Å². The number of amides is 1. The fourth-order valence-electron chi connectivity index (χ4n) is 6.35. The molecule has 1 aliphatic rings. The predicted molar refractivity (Wildman–Crippen MR) is 176 cm³/mol. The Morgan fingerprint density at radius 1 is 0.767 bits per heavy atom. The molecule has 1 atom stereocenters. The van der Waals surface area contributed by atoms with Crippen LogP contribution in [0.2, 0.25) is 0 Å². The van der Waals surface area contributed by atoms with Crippen molar-refractivity contribution in [2.75, 3.05) is 6.54 Å². The normalized spacial score (nSPS) is 13.3. The molecule has 0 heterocycles. The SMILES string of the molecule is CCCCCCCCCCCCCCCC[C@@](CCCCN)(NC(=O)OCc1ccc2c(c1)-c1ccccc1C2)C(=O)O. The Morgan fingerprint density at radius 2 is 1.33 bits per heavy atom. The van der Waals surface area contributed by atoms with Crippen LogP contribution < -0.4 is 11.1 Å². The van der Waals surface area contributed by atoms with Gasteiger partial charge in [-0.15, -0.1) is 0 Å². The number of carbonyl (C=O) groups excluding carboxylic acids is 1. The lowest BCUT2D eigenvalue weighted by atomic mass is 9.86. The molecule has 0 saturated heterocycles. The zero-order chi connectivity index (χ0) is 30.8. The number of benzene rings is 2. The minimum atomic E-state index is -1.33. The van der Waals surface area contributed by atoms with Crippen LogP contribution in [0.1, 0.15) is 139 Å². The van der Waals surface area contributed by atoms with E-state index in [0.717, 1.165) is 37.7 Å². The summed E-state index contributed by atoms with van der Waals surface area (Å²) >= 11 is 0. The quantitative estimate of drug-likeness (QED) is 0.0952. The van der Waals surface area contributed by atoms with Gasteiger partial charge in [-0.1, -0.05) is 133 Å². The van der Waals surface area contributed by atoms with E-state index in [0.29, 0.717) is 25.8 Å². The Bertz CT molecular complexity index is 1120. The number of ether oxygens (including phenoxy) is 1. The molecule has 0 radical (unpaired) electrons. The van der Waals surface area contributed by atoms with Crippen LogP contribution in [0, 0.1) is 0 Å². The largest absolute Gasteiger partial charge is 0.480 e. The van der Waals surface area contributed by atoms with Crippen molar-refractivity contribution in [2.45, 2.75) is 141 Å². The second kappa shape index (κ2) is 19.4. The molecule has 1 aliphatic carbocycles. The van der Waals surface area contributed by atoms with Gasteiger partial charge >= 0.3 is 12.1 Å². The van der Waals surface area contributed by atoms with E-state index in [1.54, 1.807) is 0 Å². The molecule has 0 spiro atoms. The molecule has 6 heteroatoms.